The molecule has 0 radical (unpaired) electrons. The lowest BCUT2D eigenvalue weighted by Gasteiger charge is -2.16. The Morgan fingerprint density at radius 1 is 1.24 bits per heavy atom. The van der Waals surface area contributed by atoms with Crippen LogP contribution in [0.5, 0.6) is 0 Å². The molecule has 0 saturated carbocycles. The Balaban J connectivity index is 2.10. The monoisotopic (exact) mass is 234 g/mol. The van der Waals surface area contributed by atoms with E-state index in [1.807, 2.05) is 0 Å². The number of rotatable bonds is 3. The van der Waals surface area contributed by atoms with Gasteiger partial charge in [-0.1, -0.05) is 0 Å². The maximum Gasteiger partial charge on any atom is 0.225 e. The van der Waals surface area contributed by atoms with E-state index in [9.17, 15) is 10.2 Å². The van der Waals surface area contributed by atoms with Gasteiger partial charge < -0.3 is 15.1 Å². The van der Waals surface area contributed by atoms with Crippen LogP contribution in [0.1, 0.15) is 24.5 Å². The molecule has 2 unspecified atom stereocenters. The first kappa shape index (κ1) is 11.8. The molecule has 6 heteroatoms. The fourth-order valence-corrected chi connectivity index (χ4v) is 1.82. The van der Waals surface area contributed by atoms with Crippen molar-refractivity contribution in [1.29, 1.82) is 5.26 Å². The molecule has 1 aromatic rings. The summed E-state index contributed by atoms with van der Waals surface area (Å²) >= 11 is 0. The second kappa shape index (κ2) is 5.08. The predicted octanol–water partition coefficient (Wildman–Crippen LogP) is -0.00532. The van der Waals surface area contributed by atoms with Crippen molar-refractivity contribution in [1.82, 2.24) is 9.97 Å². The van der Waals surface area contributed by atoms with Crippen molar-refractivity contribution < 1.29 is 10.2 Å². The molecule has 2 rings (SSSR count). The van der Waals surface area contributed by atoms with Crippen molar-refractivity contribution in [2.75, 3.05) is 18.0 Å². The summed E-state index contributed by atoms with van der Waals surface area (Å²) in [5, 5.41) is 27.2. The van der Waals surface area contributed by atoms with Crippen LogP contribution in [0.3, 0.4) is 0 Å². The molecule has 0 amide bonds. The molecule has 17 heavy (non-hydrogen) atoms. The molecule has 2 heterocycles. The van der Waals surface area contributed by atoms with E-state index in [1.165, 1.54) is 12.4 Å². The van der Waals surface area contributed by atoms with Crippen LogP contribution in [0.4, 0.5) is 5.95 Å². The average molecular weight is 234 g/mol. The van der Waals surface area contributed by atoms with Gasteiger partial charge in [0.2, 0.25) is 5.95 Å². The van der Waals surface area contributed by atoms with E-state index in [1.54, 1.807) is 6.07 Å². The van der Waals surface area contributed by atoms with E-state index in [0.29, 0.717) is 11.5 Å². The maximum atomic E-state index is 9.58. The highest BCUT2D eigenvalue weighted by Gasteiger charge is 2.20. The summed E-state index contributed by atoms with van der Waals surface area (Å²) in [4.78, 5) is 10.3. The zero-order valence-electron chi connectivity index (χ0n) is 9.32. The van der Waals surface area contributed by atoms with Gasteiger partial charge in [0.25, 0.3) is 0 Å². The smallest absolute Gasteiger partial charge is 0.225 e. The van der Waals surface area contributed by atoms with E-state index < -0.39 is 12.2 Å². The third-order valence-electron chi connectivity index (χ3n) is 2.82. The van der Waals surface area contributed by atoms with Crippen LogP contribution in [0.25, 0.3) is 0 Å². The second-order valence-electron chi connectivity index (χ2n) is 4.03. The maximum absolute atomic E-state index is 9.58. The molecule has 0 bridgehead atoms. The molecule has 2 N–H and O–H groups in total. The Morgan fingerprint density at radius 2 is 1.82 bits per heavy atom. The fourth-order valence-electron chi connectivity index (χ4n) is 1.82. The molecule has 1 aliphatic rings. The number of hydrogen-bond acceptors (Lipinski definition) is 6. The van der Waals surface area contributed by atoms with Crippen LogP contribution in [0.15, 0.2) is 12.4 Å². The zero-order valence-corrected chi connectivity index (χ0v) is 9.32. The number of anilines is 1. The van der Waals surface area contributed by atoms with E-state index in [-0.39, 0.29) is 0 Å². The van der Waals surface area contributed by atoms with Crippen molar-refractivity contribution >= 4 is 5.95 Å². The topological polar surface area (TPSA) is 93.3 Å². The Kier molecular flexibility index (Phi) is 3.52. The molecule has 0 aromatic carbocycles. The highest BCUT2D eigenvalue weighted by atomic mass is 16.3. The minimum absolute atomic E-state index is 0.349. The summed E-state index contributed by atoms with van der Waals surface area (Å²) in [5.41, 5.74) is 0.349. The summed E-state index contributed by atoms with van der Waals surface area (Å²) < 4.78 is 0. The highest BCUT2D eigenvalue weighted by Crippen LogP contribution is 2.18. The van der Waals surface area contributed by atoms with Crippen LogP contribution in [0, 0.1) is 11.3 Å². The van der Waals surface area contributed by atoms with Gasteiger partial charge >= 0.3 is 0 Å². The van der Waals surface area contributed by atoms with Crippen LogP contribution in [-0.4, -0.2) is 39.4 Å². The standard InChI is InChI=1S/C11H14N4O2/c12-5-9(16)10(17)8-6-13-11(14-7-8)15-3-1-2-4-15/h6-7,9-10,16-17H,1-4H2. The number of nitriles is 1. The van der Waals surface area contributed by atoms with Gasteiger partial charge in [-0.2, -0.15) is 5.26 Å². The molecule has 1 aliphatic heterocycles. The van der Waals surface area contributed by atoms with Crippen molar-refractivity contribution in [2.24, 2.45) is 0 Å². The Labute approximate surface area is 99.2 Å². The van der Waals surface area contributed by atoms with Gasteiger partial charge in [0, 0.05) is 31.0 Å². The summed E-state index contributed by atoms with van der Waals surface area (Å²) in [6.45, 7) is 1.89. The number of aromatic nitrogens is 2. The molecule has 0 aliphatic carbocycles. The number of aliphatic hydroxyl groups is 2. The van der Waals surface area contributed by atoms with Crippen molar-refractivity contribution in [3.63, 3.8) is 0 Å². The second-order valence-corrected chi connectivity index (χ2v) is 4.03. The van der Waals surface area contributed by atoms with Gasteiger partial charge in [0.15, 0.2) is 6.10 Å². The molecule has 0 spiro atoms. The lowest BCUT2D eigenvalue weighted by Crippen LogP contribution is -2.21. The van der Waals surface area contributed by atoms with Crippen LogP contribution < -0.4 is 4.90 Å². The minimum atomic E-state index is -1.45. The molecular weight excluding hydrogens is 220 g/mol. The normalized spacial score (nSPS) is 18.8. The average Bonchev–Trinajstić information content (AvgIpc) is 2.91. The van der Waals surface area contributed by atoms with Gasteiger partial charge in [0.05, 0.1) is 6.07 Å². The quantitative estimate of drug-likeness (QED) is 0.715. The molecule has 1 aromatic heterocycles. The predicted molar refractivity (Wildman–Crippen MR) is 60.1 cm³/mol. The van der Waals surface area contributed by atoms with E-state index in [0.717, 1.165) is 25.9 Å². The zero-order chi connectivity index (χ0) is 12.3. The summed E-state index contributed by atoms with van der Waals surface area (Å²) in [6.07, 6.45) is 2.48. The first-order chi connectivity index (χ1) is 8.22. The van der Waals surface area contributed by atoms with Crippen LogP contribution in [-0.2, 0) is 0 Å². The molecule has 6 nitrogen and oxygen atoms in total. The molecule has 1 saturated heterocycles. The molecule has 1 fully saturated rings. The van der Waals surface area contributed by atoms with Crippen molar-refractivity contribution in [2.45, 2.75) is 25.0 Å². The van der Waals surface area contributed by atoms with Gasteiger partial charge in [-0.3, -0.25) is 0 Å². The van der Waals surface area contributed by atoms with Gasteiger partial charge in [-0.15, -0.1) is 0 Å². The van der Waals surface area contributed by atoms with Crippen molar-refractivity contribution in [3.05, 3.63) is 18.0 Å². The van der Waals surface area contributed by atoms with E-state index >= 15 is 0 Å². The summed E-state index contributed by atoms with van der Waals surface area (Å²) in [7, 11) is 0. The van der Waals surface area contributed by atoms with Crippen LogP contribution >= 0.6 is 0 Å². The Morgan fingerprint density at radius 3 is 2.35 bits per heavy atom. The summed E-state index contributed by atoms with van der Waals surface area (Å²) in [5.74, 6) is 0.630. The Bertz CT molecular complexity index is 408. The molecule has 90 valence electrons. The van der Waals surface area contributed by atoms with Gasteiger partial charge in [-0.05, 0) is 12.8 Å². The van der Waals surface area contributed by atoms with Crippen LogP contribution in [0.2, 0.25) is 0 Å². The first-order valence-electron chi connectivity index (χ1n) is 5.55. The molecular formula is C11H14N4O2. The first-order valence-corrected chi connectivity index (χ1v) is 5.55. The number of nitrogens with zero attached hydrogens (tertiary/aromatic N) is 4. The van der Waals surface area contributed by atoms with E-state index in [4.69, 9.17) is 5.26 Å². The SMILES string of the molecule is N#CC(O)C(O)c1cnc(N2CCCC2)nc1. The summed E-state index contributed by atoms with van der Waals surface area (Å²) in [6, 6.07) is 1.57. The molecule has 2 atom stereocenters. The minimum Gasteiger partial charge on any atom is -0.384 e. The van der Waals surface area contributed by atoms with Gasteiger partial charge in [0.1, 0.15) is 6.10 Å². The number of aliphatic hydroxyl groups excluding tert-OH is 2. The third-order valence-corrected chi connectivity index (χ3v) is 2.82. The van der Waals surface area contributed by atoms with Gasteiger partial charge in [-0.25, -0.2) is 9.97 Å². The lowest BCUT2D eigenvalue weighted by atomic mass is 10.1. The van der Waals surface area contributed by atoms with Crippen molar-refractivity contribution in [3.8, 4) is 6.07 Å². The van der Waals surface area contributed by atoms with E-state index in [2.05, 4.69) is 14.9 Å². The lowest BCUT2D eigenvalue weighted by molar-refractivity contribution is 0.0523. The highest BCUT2D eigenvalue weighted by molar-refractivity contribution is 5.31. The number of hydrogen-bond donors (Lipinski definition) is 2. The Hall–Kier alpha value is -1.71. The fraction of sp³-hybridized carbons (Fsp3) is 0.545. The third kappa shape index (κ3) is 2.52. The largest absolute Gasteiger partial charge is 0.384 e.